The molecule has 0 aromatic carbocycles. The van der Waals surface area contributed by atoms with E-state index in [9.17, 15) is 9.59 Å². The van der Waals surface area contributed by atoms with E-state index in [1.165, 1.54) is 0 Å². The zero-order valence-corrected chi connectivity index (χ0v) is 10.3. The molecule has 5 nitrogen and oxygen atoms in total. The minimum atomic E-state index is -0.160. The monoisotopic (exact) mass is 240 g/mol. The van der Waals surface area contributed by atoms with Gasteiger partial charge in [0.2, 0.25) is 11.8 Å². The van der Waals surface area contributed by atoms with Gasteiger partial charge in [-0.25, -0.2) is 0 Å². The number of carbonyl (C=O) groups excluding carboxylic acids is 2. The molecular formula is C12H20N2O3. The second kappa shape index (κ2) is 5.49. The third-order valence-electron chi connectivity index (χ3n) is 3.58. The number of nitrogens with zero attached hydrogens (tertiary/aromatic N) is 1. The van der Waals surface area contributed by atoms with Crippen molar-refractivity contribution in [1.82, 2.24) is 10.2 Å². The minimum absolute atomic E-state index is 0.0113. The molecule has 0 aromatic rings. The highest BCUT2D eigenvalue weighted by atomic mass is 16.5. The quantitative estimate of drug-likeness (QED) is 0.756. The van der Waals surface area contributed by atoms with Crippen LogP contribution in [0, 0.1) is 11.8 Å². The van der Waals surface area contributed by atoms with Crippen LogP contribution in [0.5, 0.6) is 0 Å². The normalized spacial score (nSPS) is 25.7. The smallest absolute Gasteiger partial charge is 0.227 e. The van der Waals surface area contributed by atoms with Crippen molar-refractivity contribution >= 4 is 11.8 Å². The lowest BCUT2D eigenvalue weighted by Gasteiger charge is -2.28. The zero-order chi connectivity index (χ0) is 12.3. The molecule has 2 fully saturated rings. The summed E-state index contributed by atoms with van der Waals surface area (Å²) >= 11 is 0. The topological polar surface area (TPSA) is 58.6 Å². The molecule has 0 radical (unpaired) electrons. The molecule has 2 amide bonds. The fourth-order valence-electron chi connectivity index (χ4n) is 2.50. The molecule has 1 N–H and O–H groups in total. The van der Waals surface area contributed by atoms with Gasteiger partial charge in [-0.15, -0.1) is 0 Å². The van der Waals surface area contributed by atoms with Crippen LogP contribution in [0.1, 0.15) is 19.3 Å². The highest BCUT2D eigenvalue weighted by molar-refractivity contribution is 5.89. The summed E-state index contributed by atoms with van der Waals surface area (Å²) in [4.78, 5) is 24.9. The summed E-state index contributed by atoms with van der Waals surface area (Å²) in [5.41, 5.74) is 0. The van der Waals surface area contributed by atoms with Crippen LogP contribution in [0.4, 0.5) is 0 Å². The fraction of sp³-hybridized carbons (Fsp3) is 0.833. The summed E-state index contributed by atoms with van der Waals surface area (Å²) in [6.07, 6.45) is 2.40. The Morgan fingerprint density at radius 1 is 1.47 bits per heavy atom. The van der Waals surface area contributed by atoms with Gasteiger partial charge in [0.25, 0.3) is 0 Å². The number of rotatable bonds is 3. The number of carbonyl (C=O) groups is 2. The SMILES string of the molecule is CN(CC1CCOCC1)C(=O)C1CNC(=O)C1. The molecule has 17 heavy (non-hydrogen) atoms. The van der Waals surface area contributed by atoms with Crippen molar-refractivity contribution in [2.75, 3.05) is 33.4 Å². The standard InChI is InChI=1S/C12H20N2O3/c1-14(8-9-2-4-17-5-3-9)12(16)10-6-11(15)13-7-10/h9-10H,2-8H2,1H3,(H,13,15). The summed E-state index contributed by atoms with van der Waals surface area (Å²) in [5.74, 6) is 0.466. The Morgan fingerprint density at radius 3 is 2.76 bits per heavy atom. The Kier molecular flexibility index (Phi) is 3.99. The molecule has 0 bridgehead atoms. The number of ether oxygens (including phenoxy) is 1. The van der Waals surface area contributed by atoms with Crippen molar-refractivity contribution in [1.29, 1.82) is 0 Å². The molecule has 2 rings (SSSR count). The van der Waals surface area contributed by atoms with Crippen LogP contribution in [0.3, 0.4) is 0 Å². The lowest BCUT2D eigenvalue weighted by molar-refractivity contribution is -0.135. The van der Waals surface area contributed by atoms with Gasteiger partial charge < -0.3 is 15.0 Å². The largest absolute Gasteiger partial charge is 0.381 e. The number of hydrogen-bond donors (Lipinski definition) is 1. The van der Waals surface area contributed by atoms with Crippen LogP contribution in [0.15, 0.2) is 0 Å². The maximum absolute atomic E-state index is 12.1. The van der Waals surface area contributed by atoms with E-state index < -0.39 is 0 Å². The maximum Gasteiger partial charge on any atom is 0.227 e. The Morgan fingerprint density at radius 2 is 2.18 bits per heavy atom. The van der Waals surface area contributed by atoms with Crippen LogP contribution in [-0.2, 0) is 14.3 Å². The predicted molar refractivity (Wildman–Crippen MR) is 62.3 cm³/mol. The number of nitrogens with one attached hydrogen (secondary N) is 1. The van der Waals surface area contributed by atoms with Crippen molar-refractivity contribution in [3.8, 4) is 0 Å². The van der Waals surface area contributed by atoms with Gasteiger partial charge in [0.1, 0.15) is 0 Å². The molecule has 0 saturated carbocycles. The van der Waals surface area contributed by atoms with Crippen molar-refractivity contribution in [3.05, 3.63) is 0 Å². The molecular weight excluding hydrogens is 220 g/mol. The van der Waals surface area contributed by atoms with Gasteiger partial charge in [-0.2, -0.15) is 0 Å². The van der Waals surface area contributed by atoms with E-state index >= 15 is 0 Å². The third-order valence-corrected chi connectivity index (χ3v) is 3.58. The fourth-order valence-corrected chi connectivity index (χ4v) is 2.50. The van der Waals surface area contributed by atoms with Gasteiger partial charge in [0.05, 0.1) is 5.92 Å². The molecule has 1 unspecified atom stereocenters. The van der Waals surface area contributed by atoms with Gasteiger partial charge in [0.15, 0.2) is 0 Å². The van der Waals surface area contributed by atoms with Gasteiger partial charge in [0, 0.05) is 39.8 Å². The Bertz CT molecular complexity index is 300. The molecule has 2 heterocycles. The average Bonchev–Trinajstić information content (AvgIpc) is 2.76. The summed E-state index contributed by atoms with van der Waals surface area (Å²) in [5, 5.41) is 2.70. The first-order chi connectivity index (χ1) is 8.16. The van der Waals surface area contributed by atoms with Crippen LogP contribution in [0.2, 0.25) is 0 Å². The van der Waals surface area contributed by atoms with Crippen LogP contribution in [0.25, 0.3) is 0 Å². The summed E-state index contributed by atoms with van der Waals surface area (Å²) in [6, 6.07) is 0. The first-order valence-electron chi connectivity index (χ1n) is 6.26. The predicted octanol–water partition coefficient (Wildman–Crippen LogP) is 0.00750. The first-order valence-corrected chi connectivity index (χ1v) is 6.26. The molecule has 2 aliphatic rings. The van der Waals surface area contributed by atoms with Gasteiger partial charge in [-0.1, -0.05) is 0 Å². The second-order valence-electron chi connectivity index (χ2n) is 4.98. The molecule has 0 aromatic heterocycles. The number of hydrogen-bond acceptors (Lipinski definition) is 3. The highest BCUT2D eigenvalue weighted by Crippen LogP contribution is 2.18. The van der Waals surface area contributed by atoms with Crippen molar-refractivity contribution in [3.63, 3.8) is 0 Å². The minimum Gasteiger partial charge on any atom is -0.381 e. The molecule has 2 aliphatic heterocycles. The molecule has 96 valence electrons. The van der Waals surface area contributed by atoms with Crippen molar-refractivity contribution in [2.45, 2.75) is 19.3 Å². The van der Waals surface area contributed by atoms with Gasteiger partial charge in [-0.3, -0.25) is 9.59 Å². The molecule has 0 aliphatic carbocycles. The van der Waals surface area contributed by atoms with E-state index in [-0.39, 0.29) is 17.7 Å². The van der Waals surface area contributed by atoms with Crippen LogP contribution < -0.4 is 5.32 Å². The lowest BCUT2D eigenvalue weighted by atomic mass is 9.99. The average molecular weight is 240 g/mol. The van der Waals surface area contributed by atoms with Crippen molar-refractivity contribution in [2.24, 2.45) is 11.8 Å². The molecule has 2 saturated heterocycles. The van der Waals surface area contributed by atoms with E-state index in [1.807, 2.05) is 7.05 Å². The van der Waals surface area contributed by atoms with Crippen LogP contribution in [-0.4, -0.2) is 50.1 Å². The van der Waals surface area contributed by atoms with E-state index in [4.69, 9.17) is 4.74 Å². The lowest BCUT2D eigenvalue weighted by Crippen LogP contribution is -2.38. The second-order valence-corrected chi connectivity index (χ2v) is 4.98. The van der Waals surface area contributed by atoms with E-state index in [2.05, 4.69) is 5.32 Å². The zero-order valence-electron chi connectivity index (χ0n) is 10.3. The Labute approximate surface area is 101 Å². The number of amides is 2. The molecule has 0 spiro atoms. The Balaban J connectivity index is 1.80. The summed E-state index contributed by atoms with van der Waals surface area (Å²) < 4.78 is 5.30. The highest BCUT2D eigenvalue weighted by Gasteiger charge is 2.30. The van der Waals surface area contributed by atoms with Gasteiger partial charge in [-0.05, 0) is 18.8 Å². The van der Waals surface area contributed by atoms with Gasteiger partial charge >= 0.3 is 0 Å². The van der Waals surface area contributed by atoms with E-state index in [1.54, 1.807) is 4.90 Å². The molecule has 1 atom stereocenters. The van der Waals surface area contributed by atoms with E-state index in [0.717, 1.165) is 32.6 Å². The third kappa shape index (κ3) is 3.19. The first kappa shape index (κ1) is 12.4. The molecule has 5 heteroatoms. The van der Waals surface area contributed by atoms with E-state index in [0.29, 0.717) is 18.9 Å². The summed E-state index contributed by atoms with van der Waals surface area (Å²) in [7, 11) is 1.83. The van der Waals surface area contributed by atoms with Crippen LogP contribution >= 0.6 is 0 Å². The summed E-state index contributed by atoms with van der Waals surface area (Å²) in [6.45, 7) is 2.88. The van der Waals surface area contributed by atoms with Crippen molar-refractivity contribution < 1.29 is 14.3 Å². The maximum atomic E-state index is 12.1. The Hall–Kier alpha value is -1.10.